The van der Waals surface area contributed by atoms with Gasteiger partial charge < -0.3 is 9.42 Å². The van der Waals surface area contributed by atoms with Crippen LogP contribution in [0.3, 0.4) is 0 Å². The van der Waals surface area contributed by atoms with E-state index in [4.69, 9.17) is 4.52 Å². The number of carbonyl (C=O) groups is 1. The van der Waals surface area contributed by atoms with E-state index < -0.39 is 11.7 Å². The Labute approximate surface area is 123 Å². The normalized spacial score (nSPS) is 19.0. The van der Waals surface area contributed by atoms with Crippen molar-refractivity contribution in [3.8, 4) is 0 Å². The molecule has 1 fully saturated rings. The van der Waals surface area contributed by atoms with E-state index in [1.807, 2.05) is 0 Å². The standard InChI is InChI=1S/C14H12F3N3O2/c1-8-18-13(22-19-8)9-6-12(21)20(7-9)11-4-2-10(3-5-11)14(15,16)17/h2-5,9H,6-7H2,1H3. The quantitative estimate of drug-likeness (QED) is 0.855. The van der Waals surface area contributed by atoms with Gasteiger partial charge in [-0.2, -0.15) is 18.2 Å². The molecule has 0 bridgehead atoms. The molecule has 1 aliphatic heterocycles. The number of amides is 1. The lowest BCUT2D eigenvalue weighted by atomic mass is 10.1. The Bertz CT molecular complexity index is 694. The number of alkyl halides is 3. The maximum absolute atomic E-state index is 12.6. The molecule has 116 valence electrons. The van der Waals surface area contributed by atoms with Crippen LogP contribution in [0.4, 0.5) is 18.9 Å². The molecule has 22 heavy (non-hydrogen) atoms. The van der Waals surface area contributed by atoms with Crippen LogP contribution in [0.5, 0.6) is 0 Å². The summed E-state index contributed by atoms with van der Waals surface area (Å²) in [7, 11) is 0. The van der Waals surface area contributed by atoms with Crippen LogP contribution < -0.4 is 4.90 Å². The molecule has 1 aromatic heterocycles. The van der Waals surface area contributed by atoms with Gasteiger partial charge in [-0.1, -0.05) is 5.16 Å². The van der Waals surface area contributed by atoms with E-state index in [1.54, 1.807) is 6.92 Å². The topological polar surface area (TPSA) is 59.2 Å². The Kier molecular flexibility index (Phi) is 3.38. The third-order valence-corrected chi connectivity index (χ3v) is 3.52. The third-order valence-electron chi connectivity index (χ3n) is 3.52. The highest BCUT2D eigenvalue weighted by Crippen LogP contribution is 2.34. The van der Waals surface area contributed by atoms with Gasteiger partial charge >= 0.3 is 6.18 Å². The maximum Gasteiger partial charge on any atom is 0.416 e. The molecule has 3 rings (SSSR count). The largest absolute Gasteiger partial charge is 0.416 e. The van der Waals surface area contributed by atoms with Crippen LogP contribution in [-0.4, -0.2) is 22.6 Å². The Morgan fingerprint density at radius 1 is 1.27 bits per heavy atom. The van der Waals surface area contributed by atoms with Crippen molar-refractivity contribution >= 4 is 11.6 Å². The third kappa shape index (κ3) is 2.68. The molecule has 1 atom stereocenters. The van der Waals surface area contributed by atoms with E-state index in [1.165, 1.54) is 17.0 Å². The molecule has 0 saturated carbocycles. The lowest BCUT2D eigenvalue weighted by Crippen LogP contribution is -2.24. The molecule has 0 N–H and O–H groups in total. The molecule has 5 nitrogen and oxygen atoms in total. The van der Waals surface area contributed by atoms with E-state index in [0.717, 1.165) is 12.1 Å². The molecular formula is C14H12F3N3O2. The number of benzene rings is 1. The molecule has 0 radical (unpaired) electrons. The zero-order chi connectivity index (χ0) is 15.9. The fourth-order valence-corrected chi connectivity index (χ4v) is 2.43. The van der Waals surface area contributed by atoms with Gasteiger partial charge in [-0.05, 0) is 31.2 Å². The number of nitrogens with zero attached hydrogens (tertiary/aromatic N) is 3. The summed E-state index contributed by atoms with van der Waals surface area (Å²) in [6, 6.07) is 4.52. The van der Waals surface area contributed by atoms with Gasteiger partial charge in [0.2, 0.25) is 11.8 Å². The van der Waals surface area contributed by atoms with E-state index in [9.17, 15) is 18.0 Å². The fraction of sp³-hybridized carbons (Fsp3) is 0.357. The van der Waals surface area contributed by atoms with Crippen molar-refractivity contribution < 1.29 is 22.5 Å². The molecule has 1 unspecified atom stereocenters. The number of hydrogen-bond acceptors (Lipinski definition) is 4. The molecule has 1 saturated heterocycles. The predicted octanol–water partition coefficient (Wildman–Crippen LogP) is 2.92. The summed E-state index contributed by atoms with van der Waals surface area (Å²) < 4.78 is 42.7. The average Bonchev–Trinajstić information content (AvgIpc) is 3.04. The van der Waals surface area contributed by atoms with Crippen molar-refractivity contribution in [3.05, 3.63) is 41.5 Å². The summed E-state index contributed by atoms with van der Waals surface area (Å²) in [5.41, 5.74) is -0.316. The van der Waals surface area contributed by atoms with Crippen molar-refractivity contribution in [2.75, 3.05) is 11.4 Å². The van der Waals surface area contributed by atoms with Crippen LogP contribution >= 0.6 is 0 Å². The summed E-state index contributed by atoms with van der Waals surface area (Å²) in [6.07, 6.45) is -4.19. The molecule has 1 aromatic carbocycles. The summed E-state index contributed by atoms with van der Waals surface area (Å²) in [5, 5.41) is 3.68. The van der Waals surface area contributed by atoms with Gasteiger partial charge in [-0.3, -0.25) is 4.79 Å². The van der Waals surface area contributed by atoms with Crippen LogP contribution in [0.15, 0.2) is 28.8 Å². The van der Waals surface area contributed by atoms with Gasteiger partial charge in [0.15, 0.2) is 5.82 Å². The molecule has 1 aliphatic rings. The number of aromatic nitrogens is 2. The highest BCUT2D eigenvalue weighted by atomic mass is 19.4. The fourth-order valence-electron chi connectivity index (χ4n) is 2.43. The molecule has 2 heterocycles. The molecule has 0 aliphatic carbocycles. The van der Waals surface area contributed by atoms with Crippen LogP contribution in [0, 0.1) is 6.92 Å². The number of rotatable bonds is 2. The number of aryl methyl sites for hydroxylation is 1. The Morgan fingerprint density at radius 2 is 1.95 bits per heavy atom. The lowest BCUT2D eigenvalue weighted by molar-refractivity contribution is -0.137. The van der Waals surface area contributed by atoms with E-state index in [-0.39, 0.29) is 18.2 Å². The first-order valence-corrected chi connectivity index (χ1v) is 6.62. The summed E-state index contributed by atoms with van der Waals surface area (Å²) >= 11 is 0. The Hall–Kier alpha value is -2.38. The minimum atomic E-state index is -4.39. The summed E-state index contributed by atoms with van der Waals surface area (Å²) in [5.74, 6) is 0.437. The Morgan fingerprint density at radius 3 is 2.50 bits per heavy atom. The summed E-state index contributed by atoms with van der Waals surface area (Å²) in [4.78, 5) is 17.6. The van der Waals surface area contributed by atoms with Crippen molar-refractivity contribution in [2.24, 2.45) is 0 Å². The second-order valence-corrected chi connectivity index (χ2v) is 5.13. The monoisotopic (exact) mass is 311 g/mol. The van der Waals surface area contributed by atoms with Gasteiger partial charge in [-0.25, -0.2) is 0 Å². The molecule has 0 spiro atoms. The van der Waals surface area contributed by atoms with E-state index in [2.05, 4.69) is 10.1 Å². The minimum absolute atomic E-state index is 0.180. The zero-order valence-electron chi connectivity index (χ0n) is 11.6. The van der Waals surface area contributed by atoms with Crippen molar-refractivity contribution in [2.45, 2.75) is 25.4 Å². The summed E-state index contributed by atoms with van der Waals surface area (Å²) in [6.45, 7) is 1.99. The highest BCUT2D eigenvalue weighted by Gasteiger charge is 2.35. The zero-order valence-corrected chi connectivity index (χ0v) is 11.6. The van der Waals surface area contributed by atoms with Gasteiger partial charge in [0.05, 0.1) is 11.5 Å². The number of carbonyl (C=O) groups excluding carboxylic acids is 1. The van der Waals surface area contributed by atoms with E-state index in [0.29, 0.717) is 23.9 Å². The van der Waals surface area contributed by atoms with Crippen LogP contribution in [0.1, 0.15) is 29.6 Å². The highest BCUT2D eigenvalue weighted by molar-refractivity contribution is 5.96. The van der Waals surface area contributed by atoms with Crippen molar-refractivity contribution in [3.63, 3.8) is 0 Å². The van der Waals surface area contributed by atoms with Gasteiger partial charge in [-0.15, -0.1) is 0 Å². The average molecular weight is 311 g/mol. The maximum atomic E-state index is 12.6. The number of halogens is 3. The number of anilines is 1. The second kappa shape index (κ2) is 5.11. The first kappa shape index (κ1) is 14.6. The SMILES string of the molecule is Cc1noc(C2CC(=O)N(c3ccc(C(F)(F)F)cc3)C2)n1. The molecule has 8 heteroatoms. The van der Waals surface area contributed by atoms with Crippen LogP contribution in [-0.2, 0) is 11.0 Å². The number of hydrogen-bond donors (Lipinski definition) is 0. The predicted molar refractivity (Wildman–Crippen MR) is 70.2 cm³/mol. The second-order valence-electron chi connectivity index (χ2n) is 5.13. The first-order chi connectivity index (χ1) is 10.3. The van der Waals surface area contributed by atoms with Crippen LogP contribution in [0.25, 0.3) is 0 Å². The van der Waals surface area contributed by atoms with Crippen molar-refractivity contribution in [1.29, 1.82) is 0 Å². The van der Waals surface area contributed by atoms with Gasteiger partial charge in [0, 0.05) is 18.7 Å². The minimum Gasteiger partial charge on any atom is -0.339 e. The van der Waals surface area contributed by atoms with E-state index >= 15 is 0 Å². The molecule has 2 aromatic rings. The van der Waals surface area contributed by atoms with Gasteiger partial charge in [0.25, 0.3) is 0 Å². The van der Waals surface area contributed by atoms with Crippen molar-refractivity contribution in [1.82, 2.24) is 10.1 Å². The lowest BCUT2D eigenvalue weighted by Gasteiger charge is -2.17. The molecule has 1 amide bonds. The van der Waals surface area contributed by atoms with Crippen LogP contribution in [0.2, 0.25) is 0 Å². The van der Waals surface area contributed by atoms with Gasteiger partial charge in [0.1, 0.15) is 0 Å². The Balaban J connectivity index is 1.79. The smallest absolute Gasteiger partial charge is 0.339 e. The first-order valence-electron chi connectivity index (χ1n) is 6.62. The molecular weight excluding hydrogens is 299 g/mol.